The lowest BCUT2D eigenvalue weighted by atomic mass is 10.2. The molecular formula is C12H14N2O. The summed E-state index contributed by atoms with van der Waals surface area (Å²) < 4.78 is 4.98. The molecule has 0 radical (unpaired) electrons. The predicted octanol–water partition coefficient (Wildman–Crippen LogP) is 2.15. The van der Waals surface area contributed by atoms with E-state index in [1.54, 1.807) is 12.5 Å². The molecule has 0 amide bonds. The van der Waals surface area contributed by atoms with Crippen molar-refractivity contribution >= 4 is 5.69 Å². The second-order valence-electron chi connectivity index (χ2n) is 3.43. The first-order valence-corrected chi connectivity index (χ1v) is 4.91. The molecular weight excluding hydrogens is 188 g/mol. The highest BCUT2D eigenvalue weighted by Crippen LogP contribution is 2.10. The van der Waals surface area contributed by atoms with Gasteiger partial charge in [-0.1, -0.05) is 18.2 Å². The number of para-hydroxylation sites is 1. The van der Waals surface area contributed by atoms with Crippen molar-refractivity contribution in [2.24, 2.45) is 0 Å². The van der Waals surface area contributed by atoms with Gasteiger partial charge in [0.2, 0.25) is 0 Å². The van der Waals surface area contributed by atoms with Gasteiger partial charge < -0.3 is 15.5 Å². The van der Waals surface area contributed by atoms with Gasteiger partial charge in [0.25, 0.3) is 0 Å². The first-order valence-electron chi connectivity index (χ1n) is 4.91. The highest BCUT2D eigenvalue weighted by atomic mass is 16.3. The number of furan rings is 1. The Morgan fingerprint density at radius 3 is 2.73 bits per heavy atom. The monoisotopic (exact) mass is 202 g/mol. The SMILES string of the molecule is Nc1ccccc1CNCc1ccoc1. The smallest absolute Gasteiger partial charge is 0.0947 e. The zero-order valence-electron chi connectivity index (χ0n) is 8.44. The van der Waals surface area contributed by atoms with E-state index in [1.807, 2.05) is 30.3 Å². The lowest BCUT2D eigenvalue weighted by Gasteiger charge is -2.05. The van der Waals surface area contributed by atoms with Crippen molar-refractivity contribution < 1.29 is 4.42 Å². The number of nitrogens with two attached hydrogens (primary N) is 1. The zero-order valence-corrected chi connectivity index (χ0v) is 8.44. The van der Waals surface area contributed by atoms with Gasteiger partial charge in [-0.15, -0.1) is 0 Å². The molecule has 3 heteroatoms. The van der Waals surface area contributed by atoms with Crippen LogP contribution in [0.1, 0.15) is 11.1 Å². The van der Waals surface area contributed by atoms with Crippen LogP contribution >= 0.6 is 0 Å². The van der Waals surface area contributed by atoms with Gasteiger partial charge in [-0.05, 0) is 17.7 Å². The third-order valence-electron chi connectivity index (χ3n) is 2.28. The largest absolute Gasteiger partial charge is 0.472 e. The number of benzene rings is 1. The maximum absolute atomic E-state index is 5.82. The molecule has 15 heavy (non-hydrogen) atoms. The summed E-state index contributed by atoms with van der Waals surface area (Å²) in [5.74, 6) is 0. The summed E-state index contributed by atoms with van der Waals surface area (Å²) >= 11 is 0. The molecule has 0 spiro atoms. The average molecular weight is 202 g/mol. The summed E-state index contributed by atoms with van der Waals surface area (Å²) in [6.45, 7) is 1.57. The molecule has 0 atom stereocenters. The highest BCUT2D eigenvalue weighted by Gasteiger charge is 1.97. The summed E-state index contributed by atoms with van der Waals surface area (Å²) in [5.41, 5.74) is 8.92. The van der Waals surface area contributed by atoms with E-state index in [0.717, 1.165) is 29.9 Å². The van der Waals surface area contributed by atoms with E-state index in [2.05, 4.69) is 5.32 Å². The molecule has 0 bridgehead atoms. The van der Waals surface area contributed by atoms with Crippen LogP contribution in [0.25, 0.3) is 0 Å². The number of rotatable bonds is 4. The van der Waals surface area contributed by atoms with Crippen LogP contribution in [0.3, 0.4) is 0 Å². The average Bonchev–Trinajstić information content (AvgIpc) is 2.74. The number of hydrogen-bond donors (Lipinski definition) is 2. The fraction of sp³-hybridized carbons (Fsp3) is 0.167. The number of nitrogen functional groups attached to an aromatic ring is 1. The second-order valence-corrected chi connectivity index (χ2v) is 3.43. The quantitative estimate of drug-likeness (QED) is 0.747. The normalized spacial score (nSPS) is 10.4. The van der Waals surface area contributed by atoms with Crippen LogP contribution in [0.2, 0.25) is 0 Å². The molecule has 3 nitrogen and oxygen atoms in total. The van der Waals surface area contributed by atoms with E-state index >= 15 is 0 Å². The zero-order chi connectivity index (χ0) is 10.5. The van der Waals surface area contributed by atoms with Crippen molar-refractivity contribution in [3.8, 4) is 0 Å². The van der Waals surface area contributed by atoms with E-state index in [1.165, 1.54) is 0 Å². The molecule has 1 heterocycles. The van der Waals surface area contributed by atoms with Gasteiger partial charge in [0, 0.05) is 24.3 Å². The van der Waals surface area contributed by atoms with Gasteiger partial charge in [-0.3, -0.25) is 0 Å². The Kier molecular flexibility index (Phi) is 3.05. The molecule has 2 aromatic rings. The maximum atomic E-state index is 5.82. The van der Waals surface area contributed by atoms with Crippen molar-refractivity contribution in [2.75, 3.05) is 5.73 Å². The Morgan fingerprint density at radius 2 is 2.00 bits per heavy atom. The van der Waals surface area contributed by atoms with Crippen LogP contribution in [0.4, 0.5) is 5.69 Å². The van der Waals surface area contributed by atoms with Gasteiger partial charge in [-0.2, -0.15) is 0 Å². The van der Waals surface area contributed by atoms with Crippen LogP contribution in [0.15, 0.2) is 47.3 Å². The van der Waals surface area contributed by atoms with Crippen molar-refractivity contribution in [1.29, 1.82) is 0 Å². The van der Waals surface area contributed by atoms with E-state index < -0.39 is 0 Å². The summed E-state index contributed by atoms with van der Waals surface area (Å²) in [6, 6.07) is 9.81. The van der Waals surface area contributed by atoms with Crippen LogP contribution in [0.5, 0.6) is 0 Å². The molecule has 2 rings (SSSR count). The van der Waals surface area contributed by atoms with Gasteiger partial charge in [0.1, 0.15) is 0 Å². The van der Waals surface area contributed by atoms with Gasteiger partial charge >= 0.3 is 0 Å². The molecule has 0 aliphatic rings. The molecule has 0 unspecified atom stereocenters. The minimum atomic E-state index is 0.776. The summed E-state index contributed by atoms with van der Waals surface area (Å²) in [6.07, 6.45) is 3.41. The van der Waals surface area contributed by atoms with E-state index in [-0.39, 0.29) is 0 Å². The van der Waals surface area contributed by atoms with Gasteiger partial charge in [0.15, 0.2) is 0 Å². The van der Waals surface area contributed by atoms with Crippen LogP contribution in [-0.2, 0) is 13.1 Å². The molecule has 0 saturated carbocycles. The number of nitrogens with one attached hydrogen (secondary N) is 1. The summed E-state index contributed by atoms with van der Waals surface area (Å²) in [5, 5.41) is 3.30. The minimum absolute atomic E-state index is 0.776. The Balaban J connectivity index is 1.86. The number of hydrogen-bond acceptors (Lipinski definition) is 3. The lowest BCUT2D eigenvalue weighted by molar-refractivity contribution is 0.560. The van der Waals surface area contributed by atoms with Crippen LogP contribution in [-0.4, -0.2) is 0 Å². The van der Waals surface area contributed by atoms with E-state index in [4.69, 9.17) is 10.2 Å². The molecule has 3 N–H and O–H groups in total. The third-order valence-corrected chi connectivity index (χ3v) is 2.28. The molecule has 1 aromatic carbocycles. The van der Waals surface area contributed by atoms with Crippen LogP contribution in [0, 0.1) is 0 Å². The Hall–Kier alpha value is -1.74. The minimum Gasteiger partial charge on any atom is -0.472 e. The maximum Gasteiger partial charge on any atom is 0.0947 e. The van der Waals surface area contributed by atoms with Gasteiger partial charge in [-0.25, -0.2) is 0 Å². The van der Waals surface area contributed by atoms with E-state index in [0.29, 0.717) is 0 Å². The fourth-order valence-electron chi connectivity index (χ4n) is 1.43. The van der Waals surface area contributed by atoms with Gasteiger partial charge in [0.05, 0.1) is 12.5 Å². The molecule has 0 fully saturated rings. The van der Waals surface area contributed by atoms with E-state index in [9.17, 15) is 0 Å². The van der Waals surface area contributed by atoms with Crippen LogP contribution < -0.4 is 11.1 Å². The Bertz CT molecular complexity index is 409. The van der Waals surface area contributed by atoms with Crippen molar-refractivity contribution in [2.45, 2.75) is 13.1 Å². The fourth-order valence-corrected chi connectivity index (χ4v) is 1.43. The summed E-state index contributed by atoms with van der Waals surface area (Å²) in [7, 11) is 0. The Morgan fingerprint density at radius 1 is 1.13 bits per heavy atom. The Labute approximate surface area is 88.9 Å². The highest BCUT2D eigenvalue weighted by molar-refractivity contribution is 5.46. The third kappa shape index (κ3) is 2.60. The first-order chi connectivity index (χ1) is 7.36. The molecule has 78 valence electrons. The van der Waals surface area contributed by atoms with Crippen molar-refractivity contribution in [3.05, 3.63) is 54.0 Å². The van der Waals surface area contributed by atoms with Crippen molar-refractivity contribution in [1.82, 2.24) is 5.32 Å². The summed E-state index contributed by atoms with van der Waals surface area (Å²) in [4.78, 5) is 0. The van der Waals surface area contributed by atoms with Crippen molar-refractivity contribution in [3.63, 3.8) is 0 Å². The lowest BCUT2D eigenvalue weighted by Crippen LogP contribution is -2.13. The topological polar surface area (TPSA) is 51.2 Å². The first kappa shape index (κ1) is 9.80. The molecule has 0 saturated heterocycles. The molecule has 0 aliphatic carbocycles. The number of anilines is 1. The predicted molar refractivity (Wildman–Crippen MR) is 60.1 cm³/mol. The molecule has 1 aromatic heterocycles. The molecule has 0 aliphatic heterocycles. The standard InChI is InChI=1S/C12H14N2O/c13-12-4-2-1-3-11(12)8-14-7-10-5-6-15-9-10/h1-6,9,14H,7-8,13H2. The second kappa shape index (κ2) is 4.66.